The molecule has 0 aromatic heterocycles. The van der Waals surface area contributed by atoms with Crippen LogP contribution in [0.5, 0.6) is 0 Å². The van der Waals surface area contributed by atoms with Gasteiger partial charge in [-0.3, -0.25) is 9.59 Å². The van der Waals surface area contributed by atoms with Crippen molar-refractivity contribution in [2.75, 3.05) is 5.32 Å². The molecule has 1 N–H and O–H groups in total. The van der Waals surface area contributed by atoms with E-state index in [0.717, 1.165) is 20.2 Å². The van der Waals surface area contributed by atoms with Crippen LogP contribution in [0.25, 0.3) is 5.57 Å². The van der Waals surface area contributed by atoms with E-state index in [1.807, 2.05) is 18.2 Å². The first-order chi connectivity index (χ1) is 10.0. The highest BCUT2D eigenvalue weighted by molar-refractivity contribution is 9.10. The Morgan fingerprint density at radius 2 is 1.67 bits per heavy atom. The number of allylic oxidation sites excluding steroid dienone is 1. The second kappa shape index (κ2) is 5.58. The number of halogens is 2. The minimum absolute atomic E-state index is 0.194. The molecule has 3 nitrogen and oxygen atoms in total. The number of fused-ring (bicyclic) bond motifs is 1. The molecule has 0 radical (unpaired) electrons. The van der Waals surface area contributed by atoms with E-state index in [1.165, 1.54) is 6.08 Å². The zero-order valence-corrected chi connectivity index (χ0v) is 13.9. The van der Waals surface area contributed by atoms with Gasteiger partial charge < -0.3 is 5.32 Å². The van der Waals surface area contributed by atoms with Gasteiger partial charge >= 0.3 is 0 Å². The molecule has 0 aliphatic carbocycles. The molecule has 1 aliphatic rings. The number of carbonyl (C=O) groups excluding carboxylic acids is 2. The maximum atomic E-state index is 12.3. The molecule has 21 heavy (non-hydrogen) atoms. The molecule has 2 aromatic rings. The third-order valence-corrected chi connectivity index (χ3v) is 4.19. The van der Waals surface area contributed by atoms with Gasteiger partial charge in [0.1, 0.15) is 0 Å². The Morgan fingerprint density at radius 1 is 1.00 bits per heavy atom. The summed E-state index contributed by atoms with van der Waals surface area (Å²) < 4.78 is 1.76. The molecule has 104 valence electrons. The van der Waals surface area contributed by atoms with Crippen molar-refractivity contribution in [3.63, 3.8) is 0 Å². The first-order valence-corrected chi connectivity index (χ1v) is 7.76. The Bertz CT molecular complexity index is 779. The predicted octanol–water partition coefficient (Wildman–Crippen LogP) is 4.43. The van der Waals surface area contributed by atoms with Crippen molar-refractivity contribution in [2.45, 2.75) is 0 Å². The van der Waals surface area contributed by atoms with Gasteiger partial charge in [-0.15, -0.1) is 0 Å². The summed E-state index contributed by atoms with van der Waals surface area (Å²) in [4.78, 5) is 24.3. The molecule has 3 rings (SSSR count). The molecular formula is C16H9Br2NO2. The summed E-state index contributed by atoms with van der Waals surface area (Å²) in [5, 5.41) is 2.75. The molecule has 1 heterocycles. The largest absolute Gasteiger partial charge is 0.321 e. The van der Waals surface area contributed by atoms with E-state index in [0.29, 0.717) is 11.1 Å². The number of anilines is 1. The normalized spacial score (nSPS) is 15.0. The fraction of sp³-hybridized carbons (Fsp3) is 0. The fourth-order valence-corrected chi connectivity index (χ4v) is 2.76. The molecule has 5 heteroatoms. The second-order valence-electron chi connectivity index (χ2n) is 4.57. The number of nitrogens with one attached hydrogen (secondary N) is 1. The second-order valence-corrected chi connectivity index (χ2v) is 6.40. The molecule has 0 saturated carbocycles. The lowest BCUT2D eigenvalue weighted by atomic mass is 10.0. The number of hydrogen-bond donors (Lipinski definition) is 1. The smallest absolute Gasteiger partial charge is 0.256 e. The Balaban J connectivity index is 2.00. The van der Waals surface area contributed by atoms with E-state index < -0.39 is 0 Å². The summed E-state index contributed by atoms with van der Waals surface area (Å²) in [7, 11) is 0. The quantitative estimate of drug-likeness (QED) is 0.592. The van der Waals surface area contributed by atoms with Crippen LogP contribution in [0.15, 0.2) is 57.5 Å². The highest BCUT2D eigenvalue weighted by Crippen LogP contribution is 2.34. The predicted molar refractivity (Wildman–Crippen MR) is 89.2 cm³/mol. The summed E-state index contributed by atoms with van der Waals surface area (Å²) in [5.41, 5.74) is 2.39. The van der Waals surface area contributed by atoms with Crippen LogP contribution in [0.3, 0.4) is 0 Å². The third-order valence-electron chi connectivity index (χ3n) is 3.17. The van der Waals surface area contributed by atoms with Crippen LogP contribution in [0.4, 0.5) is 5.69 Å². The Kier molecular flexibility index (Phi) is 3.78. The van der Waals surface area contributed by atoms with Crippen LogP contribution in [0.1, 0.15) is 15.9 Å². The zero-order chi connectivity index (χ0) is 15.0. The van der Waals surface area contributed by atoms with Crippen LogP contribution in [-0.4, -0.2) is 11.7 Å². The number of carbonyl (C=O) groups is 2. The van der Waals surface area contributed by atoms with Crippen LogP contribution in [-0.2, 0) is 4.79 Å². The molecule has 1 aliphatic heterocycles. The fourth-order valence-electron chi connectivity index (χ4n) is 2.13. The number of benzene rings is 2. The topological polar surface area (TPSA) is 46.2 Å². The van der Waals surface area contributed by atoms with Crippen molar-refractivity contribution < 1.29 is 9.59 Å². The summed E-state index contributed by atoms with van der Waals surface area (Å²) in [6.45, 7) is 0. The summed E-state index contributed by atoms with van der Waals surface area (Å²) in [5.74, 6) is -0.450. The number of amides is 1. The number of ketones is 1. The Labute approximate surface area is 138 Å². The third kappa shape index (κ3) is 2.84. The van der Waals surface area contributed by atoms with Crippen LogP contribution in [0.2, 0.25) is 0 Å². The number of rotatable bonds is 2. The van der Waals surface area contributed by atoms with E-state index in [-0.39, 0.29) is 11.7 Å². The maximum Gasteiger partial charge on any atom is 0.256 e. The number of hydrogen-bond acceptors (Lipinski definition) is 2. The van der Waals surface area contributed by atoms with Crippen molar-refractivity contribution in [1.29, 1.82) is 0 Å². The average Bonchev–Trinajstić information content (AvgIpc) is 2.76. The molecule has 0 spiro atoms. The van der Waals surface area contributed by atoms with E-state index in [2.05, 4.69) is 37.2 Å². The van der Waals surface area contributed by atoms with Crippen LogP contribution in [0, 0.1) is 0 Å². The lowest BCUT2D eigenvalue weighted by Crippen LogP contribution is -2.05. The summed E-state index contributed by atoms with van der Waals surface area (Å²) in [6, 6.07) is 12.5. The van der Waals surface area contributed by atoms with Crippen molar-refractivity contribution in [3.8, 4) is 0 Å². The highest BCUT2D eigenvalue weighted by Gasteiger charge is 2.25. The molecular weight excluding hydrogens is 398 g/mol. The van der Waals surface area contributed by atoms with E-state index in [1.54, 1.807) is 24.3 Å². The molecule has 0 atom stereocenters. The van der Waals surface area contributed by atoms with Crippen molar-refractivity contribution >= 4 is 54.8 Å². The monoisotopic (exact) mass is 405 g/mol. The lowest BCUT2D eigenvalue weighted by Gasteiger charge is -2.00. The van der Waals surface area contributed by atoms with Gasteiger partial charge in [0.05, 0.1) is 5.57 Å². The van der Waals surface area contributed by atoms with Crippen molar-refractivity contribution in [3.05, 3.63) is 68.6 Å². The maximum absolute atomic E-state index is 12.3. The summed E-state index contributed by atoms with van der Waals surface area (Å²) in [6.07, 6.45) is 1.39. The molecule has 0 unspecified atom stereocenters. The SMILES string of the molecule is O=C1Nc2ccc(Br)cc2C1=CC(=O)c1ccc(Br)cc1. The minimum Gasteiger partial charge on any atom is -0.321 e. The van der Waals surface area contributed by atoms with E-state index >= 15 is 0 Å². The zero-order valence-electron chi connectivity index (χ0n) is 10.7. The van der Waals surface area contributed by atoms with E-state index in [9.17, 15) is 9.59 Å². The Morgan fingerprint density at radius 3 is 2.38 bits per heavy atom. The summed E-state index contributed by atoms with van der Waals surface area (Å²) >= 11 is 6.70. The Hall–Kier alpha value is -1.72. The lowest BCUT2D eigenvalue weighted by molar-refractivity contribution is -0.110. The van der Waals surface area contributed by atoms with Gasteiger partial charge in [-0.2, -0.15) is 0 Å². The van der Waals surface area contributed by atoms with Gasteiger partial charge in [-0.25, -0.2) is 0 Å². The molecule has 0 saturated heterocycles. The average molecular weight is 407 g/mol. The van der Waals surface area contributed by atoms with Gasteiger partial charge in [0.15, 0.2) is 5.78 Å². The molecule has 0 bridgehead atoms. The van der Waals surface area contributed by atoms with Gasteiger partial charge in [-0.1, -0.05) is 31.9 Å². The molecule has 1 amide bonds. The van der Waals surface area contributed by atoms with Gasteiger partial charge in [0.25, 0.3) is 5.91 Å². The molecule has 0 fully saturated rings. The first kappa shape index (κ1) is 14.2. The van der Waals surface area contributed by atoms with Crippen LogP contribution < -0.4 is 5.32 Å². The van der Waals surface area contributed by atoms with Gasteiger partial charge in [-0.05, 0) is 48.5 Å². The highest BCUT2D eigenvalue weighted by atomic mass is 79.9. The van der Waals surface area contributed by atoms with Crippen LogP contribution >= 0.6 is 31.9 Å². The minimum atomic E-state index is -0.256. The van der Waals surface area contributed by atoms with Gasteiger partial charge in [0, 0.05) is 25.8 Å². The van der Waals surface area contributed by atoms with Crippen molar-refractivity contribution in [2.24, 2.45) is 0 Å². The van der Waals surface area contributed by atoms with Crippen molar-refractivity contribution in [1.82, 2.24) is 0 Å². The first-order valence-electron chi connectivity index (χ1n) is 6.17. The van der Waals surface area contributed by atoms with E-state index in [4.69, 9.17) is 0 Å². The molecule has 2 aromatic carbocycles. The standard InChI is InChI=1S/C16H9Br2NO2/c17-10-3-1-9(2-4-10)15(20)8-13-12-7-11(18)5-6-14(12)19-16(13)21/h1-8H,(H,19,21). The van der Waals surface area contributed by atoms with Gasteiger partial charge in [0.2, 0.25) is 0 Å².